The molecule has 5 heteroatoms. The first kappa shape index (κ1) is 14.3. The minimum absolute atomic E-state index is 0.00936. The van der Waals surface area contributed by atoms with Crippen molar-refractivity contribution in [1.29, 1.82) is 5.26 Å². The van der Waals surface area contributed by atoms with Crippen molar-refractivity contribution in [3.63, 3.8) is 0 Å². The number of hydrogen-bond donors (Lipinski definition) is 1. The summed E-state index contributed by atoms with van der Waals surface area (Å²) in [5, 5.41) is 19.0. The van der Waals surface area contributed by atoms with Crippen LogP contribution in [0.1, 0.15) is 5.56 Å². The third-order valence-electron chi connectivity index (χ3n) is 2.92. The smallest absolute Gasteiger partial charge is 0.213 e. The fourth-order valence-corrected chi connectivity index (χ4v) is 1.77. The molecule has 0 aromatic heterocycles. The van der Waals surface area contributed by atoms with Crippen molar-refractivity contribution in [3.05, 3.63) is 54.1 Å². The average molecular weight is 279 g/mol. The highest BCUT2D eigenvalue weighted by atomic mass is 16.3. The number of para-hydroxylation sites is 1. The van der Waals surface area contributed by atoms with E-state index in [0.717, 1.165) is 5.69 Å². The van der Waals surface area contributed by atoms with Crippen LogP contribution in [-0.2, 0) is 4.79 Å². The highest BCUT2D eigenvalue weighted by molar-refractivity contribution is 6.14. The molecule has 0 saturated heterocycles. The molecule has 0 aliphatic rings. The van der Waals surface area contributed by atoms with Crippen molar-refractivity contribution in [2.45, 2.75) is 0 Å². The number of amides is 1. The first-order valence-corrected chi connectivity index (χ1v) is 6.21. The molecule has 0 fully saturated rings. The molecule has 0 aliphatic carbocycles. The lowest BCUT2D eigenvalue weighted by atomic mass is 10.1. The Labute approximate surface area is 122 Å². The Hall–Kier alpha value is -3.13. The normalized spacial score (nSPS) is 10.8. The molecule has 0 bridgehead atoms. The summed E-state index contributed by atoms with van der Waals surface area (Å²) in [6.45, 7) is 0. The zero-order chi connectivity index (χ0) is 15.2. The summed E-state index contributed by atoms with van der Waals surface area (Å²) in [6.07, 6.45) is 0.709. The summed E-state index contributed by atoms with van der Waals surface area (Å²) in [7, 11) is 1.65. The highest BCUT2D eigenvalue weighted by Crippen LogP contribution is 2.22. The van der Waals surface area contributed by atoms with Crippen molar-refractivity contribution in [3.8, 4) is 11.8 Å². The maximum absolute atomic E-state index is 10.7. The number of benzene rings is 2. The molecule has 2 aromatic carbocycles. The molecule has 21 heavy (non-hydrogen) atoms. The topological polar surface area (TPSA) is 76.7 Å². The second-order valence-corrected chi connectivity index (χ2v) is 4.32. The Morgan fingerprint density at radius 3 is 2.48 bits per heavy atom. The SMILES string of the molecule is CN(C=O)c1ccc(/N=C(\C#N)c2ccccc2O)cc1. The molecule has 104 valence electrons. The van der Waals surface area contributed by atoms with Crippen LogP contribution >= 0.6 is 0 Å². The van der Waals surface area contributed by atoms with E-state index in [1.54, 1.807) is 49.5 Å². The van der Waals surface area contributed by atoms with E-state index in [1.165, 1.54) is 11.0 Å². The Kier molecular flexibility index (Phi) is 4.32. The van der Waals surface area contributed by atoms with Gasteiger partial charge in [-0.3, -0.25) is 4.79 Å². The van der Waals surface area contributed by atoms with Crippen molar-refractivity contribution in [1.82, 2.24) is 0 Å². The predicted molar refractivity (Wildman–Crippen MR) is 80.8 cm³/mol. The third kappa shape index (κ3) is 3.25. The number of hydrogen-bond acceptors (Lipinski definition) is 4. The quantitative estimate of drug-likeness (QED) is 0.690. The van der Waals surface area contributed by atoms with Gasteiger partial charge in [-0.15, -0.1) is 0 Å². The lowest BCUT2D eigenvalue weighted by Crippen LogP contribution is -2.13. The van der Waals surface area contributed by atoms with Gasteiger partial charge in [-0.25, -0.2) is 4.99 Å². The molecular weight excluding hydrogens is 266 g/mol. The minimum Gasteiger partial charge on any atom is -0.507 e. The largest absolute Gasteiger partial charge is 0.507 e. The molecule has 0 spiro atoms. The van der Waals surface area contributed by atoms with E-state index in [-0.39, 0.29) is 11.5 Å². The fraction of sp³-hybridized carbons (Fsp3) is 0.0625. The van der Waals surface area contributed by atoms with E-state index in [4.69, 9.17) is 0 Å². The number of nitrogens with zero attached hydrogens (tertiary/aromatic N) is 3. The first-order valence-electron chi connectivity index (χ1n) is 6.21. The van der Waals surface area contributed by atoms with Crippen LogP contribution in [0.2, 0.25) is 0 Å². The Morgan fingerprint density at radius 2 is 1.90 bits per heavy atom. The molecule has 0 unspecified atom stereocenters. The highest BCUT2D eigenvalue weighted by Gasteiger charge is 2.08. The number of phenols is 1. The van der Waals surface area contributed by atoms with Gasteiger partial charge < -0.3 is 10.0 Å². The van der Waals surface area contributed by atoms with Crippen molar-refractivity contribution >= 4 is 23.5 Å². The van der Waals surface area contributed by atoms with Crippen LogP contribution < -0.4 is 4.90 Å². The molecule has 0 saturated carbocycles. The Balaban J connectivity index is 2.35. The maximum Gasteiger partial charge on any atom is 0.213 e. The van der Waals surface area contributed by atoms with Crippen LogP contribution in [0, 0.1) is 11.3 Å². The molecule has 0 atom stereocenters. The summed E-state index contributed by atoms with van der Waals surface area (Å²) in [6, 6.07) is 15.4. The maximum atomic E-state index is 10.7. The van der Waals surface area contributed by atoms with Gasteiger partial charge in [-0.1, -0.05) is 12.1 Å². The molecule has 0 aliphatic heterocycles. The summed E-state index contributed by atoms with van der Waals surface area (Å²) >= 11 is 0. The molecule has 2 rings (SSSR count). The van der Waals surface area contributed by atoms with Gasteiger partial charge in [0.15, 0.2) is 5.71 Å². The van der Waals surface area contributed by atoms with Gasteiger partial charge >= 0.3 is 0 Å². The van der Waals surface area contributed by atoms with E-state index >= 15 is 0 Å². The number of nitriles is 1. The van der Waals surface area contributed by atoms with Crippen molar-refractivity contribution in [2.75, 3.05) is 11.9 Å². The van der Waals surface area contributed by atoms with E-state index < -0.39 is 0 Å². The second-order valence-electron chi connectivity index (χ2n) is 4.32. The number of rotatable bonds is 4. The summed E-state index contributed by atoms with van der Waals surface area (Å²) in [4.78, 5) is 16.3. The van der Waals surface area contributed by atoms with E-state index in [9.17, 15) is 15.2 Å². The minimum atomic E-state index is 0.00936. The van der Waals surface area contributed by atoms with Crippen LogP contribution in [0.15, 0.2) is 53.5 Å². The van der Waals surface area contributed by atoms with Gasteiger partial charge in [0.05, 0.1) is 11.3 Å². The number of anilines is 1. The number of carbonyl (C=O) groups is 1. The third-order valence-corrected chi connectivity index (χ3v) is 2.92. The van der Waals surface area contributed by atoms with Crippen LogP contribution in [-0.4, -0.2) is 24.3 Å². The zero-order valence-corrected chi connectivity index (χ0v) is 11.4. The summed E-state index contributed by atoms with van der Waals surface area (Å²) in [5.41, 5.74) is 1.81. The predicted octanol–water partition coefficient (Wildman–Crippen LogP) is 2.63. The molecule has 0 radical (unpaired) electrons. The Morgan fingerprint density at radius 1 is 1.24 bits per heavy atom. The molecule has 5 nitrogen and oxygen atoms in total. The molecule has 2 aromatic rings. The standard InChI is InChI=1S/C16H13N3O2/c1-19(11-20)13-8-6-12(7-9-13)18-15(10-17)14-4-2-3-5-16(14)21/h2-9,11,21H,1H3/b18-15+. The molecule has 1 amide bonds. The van der Waals surface area contributed by atoms with Gasteiger partial charge in [0.25, 0.3) is 0 Å². The number of phenolic OH excluding ortho intramolecular Hbond substituents is 1. The average Bonchev–Trinajstić information content (AvgIpc) is 2.53. The lowest BCUT2D eigenvalue weighted by Gasteiger charge is -2.10. The number of aliphatic imine (C=N–C) groups is 1. The van der Waals surface area contributed by atoms with Crippen LogP contribution in [0.5, 0.6) is 5.75 Å². The summed E-state index contributed by atoms with van der Waals surface area (Å²) in [5.74, 6) is 0.00936. The van der Waals surface area contributed by atoms with E-state index in [0.29, 0.717) is 17.7 Å². The monoisotopic (exact) mass is 279 g/mol. The summed E-state index contributed by atoms with van der Waals surface area (Å²) < 4.78 is 0. The van der Waals surface area contributed by atoms with Gasteiger partial charge in [-0.2, -0.15) is 5.26 Å². The van der Waals surface area contributed by atoms with Gasteiger partial charge in [0.2, 0.25) is 6.41 Å². The number of aromatic hydroxyl groups is 1. The van der Waals surface area contributed by atoms with Crippen LogP contribution in [0.25, 0.3) is 0 Å². The van der Waals surface area contributed by atoms with E-state index in [1.807, 2.05) is 6.07 Å². The second kappa shape index (κ2) is 6.35. The van der Waals surface area contributed by atoms with Crippen LogP contribution in [0.4, 0.5) is 11.4 Å². The van der Waals surface area contributed by atoms with Gasteiger partial charge in [0.1, 0.15) is 11.8 Å². The van der Waals surface area contributed by atoms with Crippen LogP contribution in [0.3, 0.4) is 0 Å². The Bertz CT molecular complexity index is 715. The molecule has 1 N–H and O–H groups in total. The zero-order valence-electron chi connectivity index (χ0n) is 11.4. The van der Waals surface area contributed by atoms with Gasteiger partial charge in [0, 0.05) is 12.7 Å². The van der Waals surface area contributed by atoms with Crippen molar-refractivity contribution < 1.29 is 9.90 Å². The molecule has 0 heterocycles. The lowest BCUT2D eigenvalue weighted by molar-refractivity contribution is -0.107. The first-order chi connectivity index (χ1) is 10.2. The molecular formula is C16H13N3O2. The van der Waals surface area contributed by atoms with E-state index in [2.05, 4.69) is 4.99 Å². The van der Waals surface area contributed by atoms with Crippen molar-refractivity contribution in [2.24, 2.45) is 4.99 Å². The fourth-order valence-electron chi connectivity index (χ4n) is 1.77. The number of carbonyl (C=O) groups excluding carboxylic acids is 1. The van der Waals surface area contributed by atoms with Gasteiger partial charge in [-0.05, 0) is 36.4 Å².